The van der Waals surface area contributed by atoms with Crippen molar-refractivity contribution in [2.75, 3.05) is 34.9 Å². The quantitative estimate of drug-likeness (QED) is 0.543. The number of benzene rings is 1. The summed E-state index contributed by atoms with van der Waals surface area (Å²) in [7, 11) is 6.61. The van der Waals surface area contributed by atoms with E-state index >= 15 is 0 Å². The third kappa shape index (κ3) is 5.26. The summed E-state index contributed by atoms with van der Waals surface area (Å²) in [5.41, 5.74) is 0.897. The second-order valence-corrected chi connectivity index (χ2v) is 6.80. The molecule has 0 aliphatic heterocycles. The number of ether oxygens (including phenoxy) is 3. The van der Waals surface area contributed by atoms with Gasteiger partial charge < -0.3 is 24.8 Å². The van der Waals surface area contributed by atoms with Gasteiger partial charge in [0.1, 0.15) is 17.2 Å². The molecule has 1 aromatic carbocycles. The molecule has 0 saturated carbocycles. The molecule has 0 aliphatic carbocycles. The second kappa shape index (κ2) is 9.86. The van der Waals surface area contributed by atoms with Gasteiger partial charge in [-0.25, -0.2) is 4.98 Å². The molecule has 2 N–H and O–H groups in total. The summed E-state index contributed by atoms with van der Waals surface area (Å²) >= 11 is 1.71. The van der Waals surface area contributed by atoms with E-state index in [-0.39, 0.29) is 0 Å². The Morgan fingerprint density at radius 3 is 2.31 bits per heavy atom. The molecular weight excluding hydrogens is 352 g/mol. The Morgan fingerprint density at radius 2 is 1.81 bits per heavy atom. The second-order valence-electron chi connectivity index (χ2n) is 5.48. The summed E-state index contributed by atoms with van der Waals surface area (Å²) in [6, 6.07) is 3.67. The lowest BCUT2D eigenvalue weighted by atomic mass is 10.1. The van der Waals surface area contributed by atoms with Gasteiger partial charge in [0.25, 0.3) is 0 Å². The number of aromatic nitrogens is 1. The number of aliphatic imine (C=N–C) groups is 1. The molecule has 2 rings (SSSR count). The highest BCUT2D eigenvalue weighted by molar-refractivity contribution is 7.11. The van der Waals surface area contributed by atoms with E-state index in [1.807, 2.05) is 18.3 Å². The molecule has 0 amide bonds. The summed E-state index contributed by atoms with van der Waals surface area (Å²) in [5.74, 6) is 2.78. The molecule has 142 valence electrons. The predicted molar refractivity (Wildman–Crippen MR) is 105 cm³/mol. The first-order valence-corrected chi connectivity index (χ1v) is 9.07. The van der Waals surface area contributed by atoms with E-state index in [0.717, 1.165) is 23.5 Å². The number of hydrogen-bond donors (Lipinski definition) is 2. The number of hydrogen-bond acceptors (Lipinski definition) is 6. The molecule has 7 nitrogen and oxygen atoms in total. The molecule has 0 bridgehead atoms. The molecule has 0 aliphatic rings. The minimum atomic E-state index is 0.506. The van der Waals surface area contributed by atoms with Crippen LogP contribution >= 0.6 is 11.3 Å². The maximum Gasteiger partial charge on any atom is 0.191 e. The van der Waals surface area contributed by atoms with Gasteiger partial charge in [0.2, 0.25) is 0 Å². The zero-order valence-electron chi connectivity index (χ0n) is 15.9. The van der Waals surface area contributed by atoms with Gasteiger partial charge in [0, 0.05) is 43.2 Å². The highest BCUT2D eigenvalue weighted by atomic mass is 32.1. The first-order chi connectivity index (χ1) is 12.6. The molecule has 0 fully saturated rings. The fraction of sp³-hybridized carbons (Fsp3) is 0.444. The first-order valence-electron chi connectivity index (χ1n) is 8.26. The SMILES string of the molecule is CN=C(NCCc1ncc(C)s1)NCc1c(OC)cc(OC)cc1OC. The van der Waals surface area contributed by atoms with Crippen LogP contribution in [0.5, 0.6) is 17.2 Å². The first kappa shape index (κ1) is 19.8. The van der Waals surface area contributed by atoms with E-state index in [1.165, 1.54) is 4.88 Å². The lowest BCUT2D eigenvalue weighted by Crippen LogP contribution is -2.38. The van der Waals surface area contributed by atoms with Crippen molar-refractivity contribution in [3.63, 3.8) is 0 Å². The molecule has 2 aromatic rings. The van der Waals surface area contributed by atoms with Crippen molar-refractivity contribution in [3.8, 4) is 17.2 Å². The zero-order valence-corrected chi connectivity index (χ0v) is 16.7. The Balaban J connectivity index is 1.97. The van der Waals surface area contributed by atoms with Crippen molar-refractivity contribution in [1.29, 1.82) is 0 Å². The molecule has 0 atom stereocenters. The third-order valence-corrected chi connectivity index (χ3v) is 4.75. The maximum atomic E-state index is 5.47. The van der Waals surface area contributed by atoms with Crippen molar-refractivity contribution in [2.24, 2.45) is 4.99 Å². The number of aryl methyl sites for hydroxylation is 1. The Kier molecular flexibility index (Phi) is 7.53. The Hall–Kier alpha value is -2.48. The topological polar surface area (TPSA) is 77.0 Å². The molecule has 1 heterocycles. The van der Waals surface area contributed by atoms with Crippen LogP contribution in [0.25, 0.3) is 0 Å². The molecular formula is C18H26N4O3S. The van der Waals surface area contributed by atoms with Crippen molar-refractivity contribution in [3.05, 3.63) is 33.8 Å². The minimum Gasteiger partial charge on any atom is -0.496 e. The van der Waals surface area contributed by atoms with Crippen molar-refractivity contribution in [1.82, 2.24) is 15.6 Å². The van der Waals surface area contributed by atoms with Gasteiger partial charge in [0.15, 0.2) is 5.96 Å². The van der Waals surface area contributed by atoms with Gasteiger partial charge in [0.05, 0.1) is 38.4 Å². The van der Waals surface area contributed by atoms with Crippen LogP contribution in [0.4, 0.5) is 0 Å². The third-order valence-electron chi connectivity index (χ3n) is 3.77. The number of methoxy groups -OCH3 is 3. The van der Waals surface area contributed by atoms with E-state index < -0.39 is 0 Å². The van der Waals surface area contributed by atoms with Crippen molar-refractivity contribution in [2.45, 2.75) is 19.9 Å². The van der Waals surface area contributed by atoms with E-state index in [9.17, 15) is 0 Å². The number of thiazole rings is 1. The smallest absolute Gasteiger partial charge is 0.191 e. The largest absolute Gasteiger partial charge is 0.496 e. The lowest BCUT2D eigenvalue weighted by Gasteiger charge is -2.17. The van der Waals surface area contributed by atoms with Gasteiger partial charge >= 0.3 is 0 Å². The fourth-order valence-electron chi connectivity index (χ4n) is 2.45. The Labute approximate surface area is 158 Å². The van der Waals surface area contributed by atoms with Gasteiger partial charge in [-0.15, -0.1) is 11.3 Å². The van der Waals surface area contributed by atoms with E-state index in [2.05, 4.69) is 27.5 Å². The van der Waals surface area contributed by atoms with Crippen molar-refractivity contribution < 1.29 is 14.2 Å². The highest BCUT2D eigenvalue weighted by Gasteiger charge is 2.13. The molecule has 26 heavy (non-hydrogen) atoms. The van der Waals surface area contributed by atoms with Crippen LogP contribution in [0.1, 0.15) is 15.4 Å². The number of rotatable bonds is 8. The van der Waals surface area contributed by atoms with Gasteiger partial charge in [-0.2, -0.15) is 0 Å². The van der Waals surface area contributed by atoms with E-state index in [4.69, 9.17) is 14.2 Å². The van der Waals surface area contributed by atoms with Crippen LogP contribution in [0.2, 0.25) is 0 Å². The number of nitrogens with zero attached hydrogens (tertiary/aromatic N) is 2. The molecule has 1 aromatic heterocycles. The van der Waals surface area contributed by atoms with E-state index in [1.54, 1.807) is 39.7 Å². The van der Waals surface area contributed by atoms with Gasteiger partial charge in [-0.3, -0.25) is 4.99 Å². The molecule has 0 unspecified atom stereocenters. The maximum absolute atomic E-state index is 5.47. The fourth-order valence-corrected chi connectivity index (χ4v) is 3.24. The molecule has 0 saturated heterocycles. The van der Waals surface area contributed by atoms with E-state index in [0.29, 0.717) is 29.8 Å². The highest BCUT2D eigenvalue weighted by Crippen LogP contribution is 2.33. The zero-order chi connectivity index (χ0) is 18.9. The van der Waals surface area contributed by atoms with Gasteiger partial charge in [-0.1, -0.05) is 0 Å². The average molecular weight is 378 g/mol. The summed E-state index contributed by atoms with van der Waals surface area (Å²) in [5, 5.41) is 7.69. The molecule has 8 heteroatoms. The van der Waals surface area contributed by atoms with Crippen LogP contribution in [0.3, 0.4) is 0 Å². The summed E-state index contributed by atoms with van der Waals surface area (Å²) in [6.07, 6.45) is 2.75. The van der Waals surface area contributed by atoms with Gasteiger partial charge in [-0.05, 0) is 6.92 Å². The average Bonchev–Trinajstić information content (AvgIpc) is 3.08. The number of nitrogens with one attached hydrogen (secondary N) is 2. The standard InChI is InChI=1S/C18H26N4O3S/c1-12-10-21-17(26-12)6-7-20-18(19-2)22-11-14-15(24-4)8-13(23-3)9-16(14)25-5/h8-10H,6-7,11H2,1-5H3,(H2,19,20,22). The Morgan fingerprint density at radius 1 is 1.12 bits per heavy atom. The Bertz CT molecular complexity index is 721. The minimum absolute atomic E-state index is 0.506. The lowest BCUT2D eigenvalue weighted by molar-refractivity contribution is 0.368. The van der Waals surface area contributed by atoms with Crippen LogP contribution in [0, 0.1) is 6.92 Å². The predicted octanol–water partition coefficient (Wildman–Crippen LogP) is 2.39. The summed E-state index contributed by atoms with van der Waals surface area (Å²) in [4.78, 5) is 9.85. The van der Waals surface area contributed by atoms with Crippen LogP contribution < -0.4 is 24.8 Å². The van der Waals surface area contributed by atoms with Crippen molar-refractivity contribution >= 4 is 17.3 Å². The van der Waals surface area contributed by atoms with Crippen LogP contribution in [-0.4, -0.2) is 45.9 Å². The summed E-state index contributed by atoms with van der Waals surface area (Å²) < 4.78 is 16.2. The number of guanidine groups is 1. The monoisotopic (exact) mass is 378 g/mol. The van der Waals surface area contributed by atoms with Crippen LogP contribution in [-0.2, 0) is 13.0 Å². The molecule has 0 radical (unpaired) electrons. The normalized spacial score (nSPS) is 11.2. The molecule has 0 spiro atoms. The van der Waals surface area contributed by atoms with Crippen LogP contribution in [0.15, 0.2) is 23.3 Å². The summed E-state index contributed by atoms with van der Waals surface area (Å²) in [6.45, 7) is 3.32.